The highest BCUT2D eigenvalue weighted by Crippen LogP contribution is 2.42. The minimum atomic E-state index is -4.41. The van der Waals surface area contributed by atoms with E-state index in [1.54, 1.807) is 18.2 Å². The van der Waals surface area contributed by atoms with Gasteiger partial charge in [0.15, 0.2) is 0 Å². The fraction of sp³-hybridized carbons (Fsp3) is 0.324. The van der Waals surface area contributed by atoms with Gasteiger partial charge in [-0.05, 0) is 60.2 Å². The van der Waals surface area contributed by atoms with Gasteiger partial charge in [0.1, 0.15) is 5.82 Å². The van der Waals surface area contributed by atoms with Crippen molar-refractivity contribution in [1.29, 1.82) is 0 Å². The quantitative estimate of drug-likeness (QED) is 0.213. The number of hydrogen-bond acceptors (Lipinski definition) is 5. The molecule has 228 valence electrons. The largest absolute Gasteiger partial charge is 0.416 e. The average Bonchev–Trinajstić information content (AvgIpc) is 2.99. The summed E-state index contributed by atoms with van der Waals surface area (Å²) < 4.78 is 55.6. The van der Waals surface area contributed by atoms with E-state index >= 15 is 4.39 Å². The number of pyridine rings is 1. The van der Waals surface area contributed by atoms with Gasteiger partial charge in [-0.2, -0.15) is 13.2 Å². The summed E-state index contributed by atoms with van der Waals surface area (Å²) in [5, 5.41) is 14.8. The zero-order valence-corrected chi connectivity index (χ0v) is 23.8. The monoisotopic (exact) mass is 605 g/mol. The predicted octanol–water partition coefficient (Wildman–Crippen LogP) is 5.87. The fourth-order valence-corrected chi connectivity index (χ4v) is 6.49. The summed E-state index contributed by atoms with van der Waals surface area (Å²) in [6.07, 6.45) is -1.75. The van der Waals surface area contributed by atoms with Crippen LogP contribution in [0.3, 0.4) is 0 Å². The van der Waals surface area contributed by atoms with E-state index in [2.05, 4.69) is 15.2 Å². The molecule has 3 atom stereocenters. The van der Waals surface area contributed by atoms with E-state index in [9.17, 15) is 27.9 Å². The Kier molecular flexibility index (Phi) is 7.98. The molecule has 4 aromatic rings. The first-order valence-electron chi connectivity index (χ1n) is 14.6. The lowest BCUT2D eigenvalue weighted by Crippen LogP contribution is -2.51. The molecule has 2 fully saturated rings. The van der Waals surface area contributed by atoms with Gasteiger partial charge in [0.05, 0.1) is 22.6 Å². The molecule has 2 aliphatic rings. The molecular formula is C34H31F4N3O3. The van der Waals surface area contributed by atoms with Crippen LogP contribution in [0, 0.1) is 11.7 Å². The maximum Gasteiger partial charge on any atom is 0.416 e. The molecule has 44 heavy (non-hydrogen) atoms. The second kappa shape index (κ2) is 11.7. The molecule has 10 heteroatoms. The normalized spacial score (nSPS) is 23.1. The van der Waals surface area contributed by atoms with Gasteiger partial charge in [-0.15, -0.1) is 0 Å². The number of nitrogens with zero attached hydrogens (tertiary/aromatic N) is 2. The first-order valence-corrected chi connectivity index (χ1v) is 14.6. The van der Waals surface area contributed by atoms with Gasteiger partial charge in [-0.3, -0.25) is 24.8 Å². The summed E-state index contributed by atoms with van der Waals surface area (Å²) in [4.78, 5) is 30.6. The van der Waals surface area contributed by atoms with Crippen LogP contribution < -0.4 is 5.32 Å². The number of likely N-dealkylation sites (tertiary alicyclic amines) is 1. The second-order valence-electron chi connectivity index (χ2n) is 11.8. The van der Waals surface area contributed by atoms with Gasteiger partial charge >= 0.3 is 6.18 Å². The van der Waals surface area contributed by atoms with Crippen molar-refractivity contribution in [2.75, 3.05) is 13.1 Å². The molecule has 3 heterocycles. The van der Waals surface area contributed by atoms with Crippen LogP contribution in [0.5, 0.6) is 0 Å². The van der Waals surface area contributed by atoms with Crippen molar-refractivity contribution in [3.05, 3.63) is 113 Å². The van der Waals surface area contributed by atoms with Crippen molar-refractivity contribution in [2.24, 2.45) is 5.92 Å². The summed E-state index contributed by atoms with van der Waals surface area (Å²) >= 11 is 0. The van der Waals surface area contributed by atoms with E-state index in [-0.39, 0.29) is 29.7 Å². The van der Waals surface area contributed by atoms with Crippen molar-refractivity contribution in [1.82, 2.24) is 15.2 Å². The van der Waals surface area contributed by atoms with Crippen molar-refractivity contribution in [2.45, 2.75) is 49.9 Å². The molecule has 0 spiro atoms. The Morgan fingerprint density at radius 3 is 2.45 bits per heavy atom. The molecule has 3 aromatic carbocycles. The molecule has 0 radical (unpaired) electrons. The van der Waals surface area contributed by atoms with Crippen LogP contribution in [0.25, 0.3) is 10.9 Å². The number of rotatable bonds is 6. The van der Waals surface area contributed by atoms with Crippen molar-refractivity contribution in [3.8, 4) is 0 Å². The standard InChI is InChI=1S/C34H31F4N3O3/c35-31-27-17-23(26-10-13-30(42)40-32(26)43)18-39-29(27)12-11-28(31)33(44)14-15-41(20-25(33)16-21-4-2-1-3-5-21)19-22-6-8-24(9-7-22)34(36,37)38/h1-9,11-12,17-18,25-26,44H,10,13-16,19-20H2,(H,40,42,43)/t25-,26?,33-/m1/s1. The molecule has 2 amide bonds. The number of carbonyl (C=O) groups excluding carboxylic acids is 2. The van der Waals surface area contributed by atoms with E-state index in [1.165, 1.54) is 18.3 Å². The van der Waals surface area contributed by atoms with E-state index in [0.717, 1.165) is 17.7 Å². The molecule has 0 aliphatic carbocycles. The Bertz CT molecular complexity index is 1690. The second-order valence-corrected chi connectivity index (χ2v) is 11.8. The number of halogens is 4. The number of piperidine rings is 2. The molecular weight excluding hydrogens is 574 g/mol. The van der Waals surface area contributed by atoms with Crippen molar-refractivity contribution < 1.29 is 32.3 Å². The highest BCUT2D eigenvalue weighted by Gasteiger charge is 2.45. The van der Waals surface area contributed by atoms with Gasteiger partial charge in [0.25, 0.3) is 0 Å². The number of carbonyl (C=O) groups is 2. The zero-order chi connectivity index (χ0) is 31.1. The molecule has 1 unspecified atom stereocenters. The van der Waals surface area contributed by atoms with Gasteiger partial charge in [-0.1, -0.05) is 48.5 Å². The van der Waals surface area contributed by atoms with Crippen LogP contribution >= 0.6 is 0 Å². The highest BCUT2D eigenvalue weighted by molar-refractivity contribution is 6.01. The van der Waals surface area contributed by atoms with Gasteiger partial charge in [0, 0.05) is 49.1 Å². The predicted molar refractivity (Wildman–Crippen MR) is 156 cm³/mol. The van der Waals surface area contributed by atoms with E-state index in [0.29, 0.717) is 49.1 Å². The number of imide groups is 1. The molecule has 0 saturated carbocycles. The molecule has 6 rings (SSSR count). The fourth-order valence-electron chi connectivity index (χ4n) is 6.49. The minimum Gasteiger partial charge on any atom is -0.385 e. The average molecular weight is 606 g/mol. The van der Waals surface area contributed by atoms with E-state index in [4.69, 9.17) is 0 Å². The molecule has 2 N–H and O–H groups in total. The van der Waals surface area contributed by atoms with E-state index < -0.39 is 40.9 Å². The van der Waals surface area contributed by atoms with Crippen LogP contribution in [0.1, 0.15) is 53.0 Å². The van der Waals surface area contributed by atoms with Crippen LogP contribution in [0.4, 0.5) is 17.6 Å². The van der Waals surface area contributed by atoms with Gasteiger partial charge in [-0.25, -0.2) is 4.39 Å². The number of aliphatic hydroxyl groups is 1. The van der Waals surface area contributed by atoms with Crippen LogP contribution in [-0.4, -0.2) is 39.9 Å². The molecule has 2 saturated heterocycles. The summed E-state index contributed by atoms with van der Waals surface area (Å²) in [6, 6.07) is 19.5. The maximum absolute atomic E-state index is 16.4. The summed E-state index contributed by atoms with van der Waals surface area (Å²) in [5.41, 5.74) is 0.444. The number of aromatic nitrogens is 1. The van der Waals surface area contributed by atoms with Crippen LogP contribution in [0.2, 0.25) is 0 Å². The number of alkyl halides is 3. The first-order chi connectivity index (χ1) is 21.0. The number of nitrogens with one attached hydrogen (secondary N) is 1. The molecule has 2 aliphatic heterocycles. The lowest BCUT2D eigenvalue weighted by Gasteiger charge is -2.45. The smallest absolute Gasteiger partial charge is 0.385 e. The highest BCUT2D eigenvalue weighted by atomic mass is 19.4. The molecule has 0 bridgehead atoms. The van der Waals surface area contributed by atoms with Crippen LogP contribution in [0.15, 0.2) is 79.0 Å². The number of fused-ring (bicyclic) bond motifs is 1. The third kappa shape index (κ3) is 5.96. The summed E-state index contributed by atoms with van der Waals surface area (Å²) in [7, 11) is 0. The third-order valence-electron chi connectivity index (χ3n) is 8.90. The maximum atomic E-state index is 16.4. The molecule has 1 aromatic heterocycles. The SMILES string of the molecule is O=C1CCC(c2cnc3ccc([C@@]4(O)CCN(Cc5ccc(C(F)(F)F)cc5)C[C@H]4Cc4ccccc4)c(F)c3c2)C(=O)N1. The first kappa shape index (κ1) is 29.9. The third-order valence-corrected chi connectivity index (χ3v) is 8.90. The minimum absolute atomic E-state index is 0.141. The number of amides is 2. The summed E-state index contributed by atoms with van der Waals surface area (Å²) in [5.74, 6) is -2.46. The van der Waals surface area contributed by atoms with Crippen LogP contribution in [-0.2, 0) is 34.3 Å². The Morgan fingerprint density at radius 1 is 1.00 bits per heavy atom. The van der Waals surface area contributed by atoms with Gasteiger partial charge in [0.2, 0.25) is 11.8 Å². The van der Waals surface area contributed by atoms with E-state index in [1.807, 2.05) is 30.3 Å². The number of hydrogen-bond donors (Lipinski definition) is 2. The lowest BCUT2D eigenvalue weighted by molar-refractivity contribution is -0.138. The summed E-state index contributed by atoms with van der Waals surface area (Å²) in [6.45, 7) is 1.17. The topological polar surface area (TPSA) is 82.5 Å². The zero-order valence-electron chi connectivity index (χ0n) is 23.8. The molecule has 6 nitrogen and oxygen atoms in total. The Morgan fingerprint density at radius 2 is 1.75 bits per heavy atom. The van der Waals surface area contributed by atoms with Crippen molar-refractivity contribution >= 4 is 22.7 Å². The number of benzene rings is 3. The Hall–Kier alpha value is -4.15. The van der Waals surface area contributed by atoms with Gasteiger partial charge < -0.3 is 5.11 Å². The Balaban J connectivity index is 1.31. The Labute approximate surface area is 251 Å². The van der Waals surface area contributed by atoms with Crippen molar-refractivity contribution in [3.63, 3.8) is 0 Å². The lowest BCUT2D eigenvalue weighted by atomic mass is 9.72.